The molecule has 1 heterocycles. The molecule has 1 aromatic heterocycles. The van der Waals surface area contributed by atoms with Gasteiger partial charge in [0.25, 0.3) is 5.69 Å². The molecule has 7 heteroatoms. The summed E-state index contributed by atoms with van der Waals surface area (Å²) in [5.74, 6) is -1.10. The number of rotatable bonds is 4. The maximum Gasteiger partial charge on any atom is 0.335 e. The minimum Gasteiger partial charge on any atom is -0.478 e. The molecule has 0 unspecified atom stereocenters. The first-order valence-corrected chi connectivity index (χ1v) is 6.50. The lowest BCUT2D eigenvalue weighted by molar-refractivity contribution is -0.387. The Morgan fingerprint density at radius 3 is 2.72 bits per heavy atom. The van der Waals surface area contributed by atoms with Crippen molar-refractivity contribution in [1.29, 1.82) is 0 Å². The summed E-state index contributed by atoms with van der Waals surface area (Å²) in [6.45, 7) is 0. The molecule has 18 heavy (non-hydrogen) atoms. The Hall–Kier alpha value is -1.86. The smallest absolute Gasteiger partial charge is 0.335 e. The third-order valence-electron chi connectivity index (χ3n) is 2.11. The van der Waals surface area contributed by atoms with Gasteiger partial charge in [-0.05, 0) is 23.6 Å². The Balaban J connectivity index is 2.43. The molecule has 2 rings (SSSR count). The minimum atomic E-state index is -1.10. The van der Waals surface area contributed by atoms with Crippen LogP contribution in [-0.2, 0) is 0 Å². The van der Waals surface area contributed by atoms with Gasteiger partial charge in [0, 0.05) is 6.07 Å². The molecule has 0 radical (unpaired) electrons. The second-order valence-corrected chi connectivity index (χ2v) is 5.57. The Labute approximate surface area is 110 Å². The van der Waals surface area contributed by atoms with Crippen molar-refractivity contribution < 1.29 is 14.8 Å². The predicted molar refractivity (Wildman–Crippen MR) is 68.5 cm³/mol. The number of nitrogens with zero attached hydrogens (tertiary/aromatic N) is 1. The van der Waals surface area contributed by atoms with Gasteiger partial charge in [0.05, 0.1) is 19.6 Å². The van der Waals surface area contributed by atoms with Crippen LogP contribution in [-0.4, -0.2) is 16.0 Å². The summed E-state index contributed by atoms with van der Waals surface area (Å²) in [6.07, 6.45) is 0. The van der Waals surface area contributed by atoms with E-state index < -0.39 is 10.9 Å². The SMILES string of the molecule is O=C(O)c1ccc([N+](=O)[O-])c(Sc2cccs2)c1. The van der Waals surface area contributed by atoms with E-state index in [2.05, 4.69) is 0 Å². The second kappa shape index (κ2) is 5.19. The van der Waals surface area contributed by atoms with Gasteiger partial charge in [0.1, 0.15) is 0 Å². The zero-order chi connectivity index (χ0) is 13.1. The Bertz CT molecular complexity index is 595. The van der Waals surface area contributed by atoms with Crippen molar-refractivity contribution in [2.45, 2.75) is 9.10 Å². The molecule has 0 amide bonds. The lowest BCUT2D eigenvalue weighted by Crippen LogP contribution is -1.98. The molecule has 0 fully saturated rings. The van der Waals surface area contributed by atoms with Crippen LogP contribution in [0.4, 0.5) is 5.69 Å². The fourth-order valence-electron chi connectivity index (χ4n) is 1.31. The first kappa shape index (κ1) is 12.6. The van der Waals surface area contributed by atoms with Crippen LogP contribution in [0.2, 0.25) is 0 Å². The van der Waals surface area contributed by atoms with Crippen LogP contribution in [0, 0.1) is 10.1 Å². The third kappa shape index (κ3) is 2.69. The first-order chi connectivity index (χ1) is 8.58. The number of hydrogen-bond donors (Lipinski definition) is 1. The molecule has 0 aliphatic carbocycles. The summed E-state index contributed by atoms with van der Waals surface area (Å²) in [7, 11) is 0. The van der Waals surface area contributed by atoms with Crippen molar-refractivity contribution in [3.8, 4) is 0 Å². The van der Waals surface area contributed by atoms with Gasteiger partial charge < -0.3 is 5.11 Å². The van der Waals surface area contributed by atoms with E-state index in [0.29, 0.717) is 4.90 Å². The highest BCUT2D eigenvalue weighted by molar-refractivity contribution is 8.01. The van der Waals surface area contributed by atoms with Gasteiger partial charge in [0.2, 0.25) is 0 Å². The zero-order valence-electron chi connectivity index (χ0n) is 8.90. The number of nitro groups is 1. The molecular formula is C11H7NO4S2. The zero-order valence-corrected chi connectivity index (χ0v) is 10.5. The van der Waals surface area contributed by atoms with Gasteiger partial charge in [-0.1, -0.05) is 17.8 Å². The molecule has 5 nitrogen and oxygen atoms in total. The van der Waals surface area contributed by atoms with Crippen molar-refractivity contribution in [3.05, 3.63) is 51.4 Å². The molecular weight excluding hydrogens is 274 g/mol. The van der Waals surface area contributed by atoms with E-state index in [9.17, 15) is 14.9 Å². The summed E-state index contributed by atoms with van der Waals surface area (Å²) < 4.78 is 0.876. The minimum absolute atomic E-state index is 0.0413. The van der Waals surface area contributed by atoms with Crippen LogP contribution in [0.1, 0.15) is 10.4 Å². The van der Waals surface area contributed by atoms with Crippen LogP contribution in [0.5, 0.6) is 0 Å². The van der Waals surface area contributed by atoms with Crippen molar-refractivity contribution in [2.75, 3.05) is 0 Å². The molecule has 0 aliphatic rings. The van der Waals surface area contributed by atoms with Crippen LogP contribution >= 0.6 is 23.1 Å². The van der Waals surface area contributed by atoms with Crippen molar-refractivity contribution in [3.63, 3.8) is 0 Å². The predicted octanol–water partition coefficient (Wildman–Crippen LogP) is 3.51. The number of carbonyl (C=O) groups is 1. The van der Waals surface area contributed by atoms with Crippen molar-refractivity contribution >= 4 is 34.8 Å². The molecule has 0 aliphatic heterocycles. The second-order valence-electron chi connectivity index (χ2n) is 3.28. The van der Waals surface area contributed by atoms with Crippen LogP contribution in [0.15, 0.2) is 44.8 Å². The van der Waals surface area contributed by atoms with E-state index in [0.717, 1.165) is 4.21 Å². The van der Waals surface area contributed by atoms with Crippen LogP contribution in [0.25, 0.3) is 0 Å². The van der Waals surface area contributed by atoms with Gasteiger partial charge in [0.15, 0.2) is 0 Å². The number of aromatic carboxylic acids is 1. The van der Waals surface area contributed by atoms with E-state index in [1.807, 2.05) is 17.5 Å². The van der Waals surface area contributed by atoms with Gasteiger partial charge in [-0.15, -0.1) is 11.3 Å². The lowest BCUT2D eigenvalue weighted by Gasteiger charge is -2.02. The fraction of sp³-hybridized carbons (Fsp3) is 0. The molecule has 2 aromatic rings. The number of carboxylic acids is 1. The molecule has 0 spiro atoms. The molecule has 0 saturated carbocycles. The standard InChI is InChI=1S/C11H7NO4S2/c13-11(14)7-3-4-8(12(15)16)9(6-7)18-10-2-1-5-17-10/h1-6H,(H,13,14). The van der Waals surface area contributed by atoms with Gasteiger partial charge in [-0.3, -0.25) is 10.1 Å². The largest absolute Gasteiger partial charge is 0.478 e. The number of hydrogen-bond acceptors (Lipinski definition) is 5. The Morgan fingerprint density at radius 2 is 2.17 bits per heavy atom. The van der Waals surface area contributed by atoms with Crippen LogP contribution in [0.3, 0.4) is 0 Å². The fourth-order valence-corrected chi connectivity index (χ4v) is 3.18. The molecule has 0 saturated heterocycles. The lowest BCUT2D eigenvalue weighted by atomic mass is 10.2. The third-order valence-corrected chi connectivity index (χ3v) is 4.19. The van der Waals surface area contributed by atoms with E-state index in [1.54, 1.807) is 0 Å². The van der Waals surface area contributed by atoms with Crippen molar-refractivity contribution in [1.82, 2.24) is 0 Å². The normalized spacial score (nSPS) is 10.2. The molecule has 1 N–H and O–H groups in total. The molecule has 0 bridgehead atoms. The molecule has 92 valence electrons. The van der Waals surface area contributed by atoms with Gasteiger partial charge >= 0.3 is 5.97 Å². The highest BCUT2D eigenvalue weighted by Crippen LogP contribution is 2.37. The summed E-state index contributed by atoms with van der Waals surface area (Å²) in [6, 6.07) is 7.44. The van der Waals surface area contributed by atoms with E-state index in [-0.39, 0.29) is 11.3 Å². The quantitative estimate of drug-likeness (QED) is 0.685. The monoisotopic (exact) mass is 281 g/mol. The highest BCUT2D eigenvalue weighted by Gasteiger charge is 2.17. The summed E-state index contributed by atoms with van der Waals surface area (Å²) >= 11 is 2.64. The van der Waals surface area contributed by atoms with E-state index in [4.69, 9.17) is 5.11 Å². The van der Waals surface area contributed by atoms with Gasteiger partial charge in [-0.25, -0.2) is 4.79 Å². The summed E-state index contributed by atoms with van der Waals surface area (Å²) in [5.41, 5.74) is -0.0435. The Kier molecular flexibility index (Phi) is 3.63. The summed E-state index contributed by atoms with van der Waals surface area (Å²) in [4.78, 5) is 21.6. The van der Waals surface area contributed by atoms with Crippen molar-refractivity contribution in [2.24, 2.45) is 0 Å². The maximum atomic E-state index is 10.9. The summed E-state index contributed by atoms with van der Waals surface area (Å²) in [5, 5.41) is 21.6. The average molecular weight is 281 g/mol. The topological polar surface area (TPSA) is 80.4 Å². The number of carboxylic acid groups (broad SMARTS) is 1. The van der Waals surface area contributed by atoms with E-state index in [1.165, 1.54) is 41.3 Å². The van der Waals surface area contributed by atoms with Gasteiger partial charge in [-0.2, -0.15) is 0 Å². The maximum absolute atomic E-state index is 10.9. The number of thiophene rings is 1. The number of nitro benzene ring substituents is 1. The Morgan fingerprint density at radius 1 is 1.39 bits per heavy atom. The average Bonchev–Trinajstić information content (AvgIpc) is 2.81. The number of benzene rings is 1. The van der Waals surface area contributed by atoms with Crippen LogP contribution < -0.4 is 0 Å². The molecule has 0 atom stereocenters. The first-order valence-electron chi connectivity index (χ1n) is 4.81. The molecule has 1 aromatic carbocycles. The van der Waals surface area contributed by atoms with E-state index >= 15 is 0 Å². The highest BCUT2D eigenvalue weighted by atomic mass is 32.2.